The summed E-state index contributed by atoms with van der Waals surface area (Å²) in [6, 6.07) is 5.43. The monoisotopic (exact) mass is 271 g/mol. The lowest BCUT2D eigenvalue weighted by Crippen LogP contribution is -2.30. The van der Waals surface area contributed by atoms with E-state index in [-0.39, 0.29) is 5.82 Å². The van der Waals surface area contributed by atoms with Gasteiger partial charge in [-0.15, -0.1) is 0 Å². The quantitative estimate of drug-likeness (QED) is 0.872. The molecule has 0 radical (unpaired) electrons. The van der Waals surface area contributed by atoms with Crippen LogP contribution in [0, 0.1) is 11.7 Å². The van der Waals surface area contributed by atoms with E-state index in [4.69, 9.17) is 0 Å². The molecular formula is C12H15BrFN. The van der Waals surface area contributed by atoms with Crippen molar-refractivity contribution < 1.29 is 4.39 Å². The molecule has 1 aliphatic rings. The largest absolute Gasteiger partial charge is 0.316 e. The minimum Gasteiger partial charge on any atom is -0.316 e. The third-order valence-corrected chi connectivity index (χ3v) is 3.55. The lowest BCUT2D eigenvalue weighted by atomic mass is 9.92. The number of benzene rings is 1. The molecule has 1 saturated heterocycles. The summed E-state index contributed by atoms with van der Waals surface area (Å²) in [5.74, 6) is 0.510. The Morgan fingerprint density at radius 1 is 1.47 bits per heavy atom. The Balaban J connectivity index is 2.00. The highest BCUT2D eigenvalue weighted by Gasteiger charge is 2.13. The molecule has 0 amide bonds. The molecule has 1 fully saturated rings. The van der Waals surface area contributed by atoms with Crippen molar-refractivity contribution in [3.63, 3.8) is 0 Å². The summed E-state index contributed by atoms with van der Waals surface area (Å²) in [7, 11) is 0. The Hall–Kier alpha value is -0.410. The first-order valence-electron chi connectivity index (χ1n) is 5.40. The zero-order valence-corrected chi connectivity index (χ0v) is 10.2. The highest BCUT2D eigenvalue weighted by molar-refractivity contribution is 9.10. The summed E-state index contributed by atoms with van der Waals surface area (Å²) in [4.78, 5) is 0. The topological polar surface area (TPSA) is 12.0 Å². The second-order valence-electron chi connectivity index (χ2n) is 4.16. The summed E-state index contributed by atoms with van der Waals surface area (Å²) in [6.07, 6.45) is 3.48. The van der Waals surface area contributed by atoms with E-state index in [0.717, 1.165) is 25.1 Å². The van der Waals surface area contributed by atoms with Gasteiger partial charge in [0.15, 0.2) is 0 Å². The van der Waals surface area contributed by atoms with Crippen LogP contribution >= 0.6 is 15.9 Å². The first-order valence-corrected chi connectivity index (χ1v) is 6.19. The molecule has 1 aliphatic heterocycles. The Morgan fingerprint density at radius 2 is 2.33 bits per heavy atom. The molecule has 3 heteroatoms. The van der Waals surface area contributed by atoms with Gasteiger partial charge in [0.25, 0.3) is 0 Å². The molecule has 0 aromatic heterocycles. The average Bonchev–Trinajstić information content (AvgIpc) is 2.25. The fourth-order valence-electron chi connectivity index (χ4n) is 2.10. The Bertz CT molecular complexity index is 334. The zero-order chi connectivity index (χ0) is 10.7. The van der Waals surface area contributed by atoms with Gasteiger partial charge in [-0.2, -0.15) is 0 Å². The van der Waals surface area contributed by atoms with E-state index in [2.05, 4.69) is 21.2 Å². The van der Waals surface area contributed by atoms with Gasteiger partial charge in [0, 0.05) is 0 Å². The van der Waals surface area contributed by atoms with Gasteiger partial charge in [0.2, 0.25) is 0 Å². The van der Waals surface area contributed by atoms with Crippen molar-refractivity contribution in [3.05, 3.63) is 34.1 Å². The number of nitrogens with one attached hydrogen (secondary N) is 1. The molecule has 0 spiro atoms. The van der Waals surface area contributed by atoms with Crippen LogP contribution in [-0.2, 0) is 6.42 Å². The molecule has 0 bridgehead atoms. The van der Waals surface area contributed by atoms with Crippen LogP contribution in [0.1, 0.15) is 18.4 Å². The van der Waals surface area contributed by atoms with Crippen molar-refractivity contribution in [2.24, 2.45) is 5.92 Å². The Morgan fingerprint density at radius 3 is 3.00 bits per heavy atom. The lowest BCUT2D eigenvalue weighted by Gasteiger charge is -2.22. The molecule has 1 atom stereocenters. The summed E-state index contributed by atoms with van der Waals surface area (Å²) in [5.41, 5.74) is 1.10. The van der Waals surface area contributed by atoms with E-state index in [1.54, 1.807) is 12.1 Å². The van der Waals surface area contributed by atoms with E-state index >= 15 is 0 Å². The minimum atomic E-state index is -0.156. The Kier molecular flexibility index (Phi) is 3.76. The Labute approximate surface area is 98.2 Å². The van der Waals surface area contributed by atoms with Crippen molar-refractivity contribution in [2.45, 2.75) is 19.3 Å². The molecule has 82 valence electrons. The van der Waals surface area contributed by atoms with Crippen molar-refractivity contribution in [2.75, 3.05) is 13.1 Å². The van der Waals surface area contributed by atoms with Gasteiger partial charge in [-0.3, -0.25) is 0 Å². The zero-order valence-electron chi connectivity index (χ0n) is 8.60. The van der Waals surface area contributed by atoms with E-state index in [1.165, 1.54) is 12.8 Å². The van der Waals surface area contributed by atoms with Gasteiger partial charge in [-0.05, 0) is 71.9 Å². The summed E-state index contributed by atoms with van der Waals surface area (Å²) in [6.45, 7) is 2.20. The lowest BCUT2D eigenvalue weighted by molar-refractivity contribution is 0.375. The SMILES string of the molecule is Fc1cc(CC2CCCNC2)ccc1Br. The second kappa shape index (κ2) is 5.08. The van der Waals surface area contributed by atoms with Crippen LogP contribution in [0.5, 0.6) is 0 Å². The van der Waals surface area contributed by atoms with Crippen LogP contribution in [0.15, 0.2) is 22.7 Å². The van der Waals surface area contributed by atoms with Crippen LogP contribution < -0.4 is 5.32 Å². The highest BCUT2D eigenvalue weighted by atomic mass is 79.9. The second-order valence-corrected chi connectivity index (χ2v) is 5.02. The predicted octanol–water partition coefficient (Wildman–Crippen LogP) is 3.13. The van der Waals surface area contributed by atoms with E-state index < -0.39 is 0 Å². The van der Waals surface area contributed by atoms with Gasteiger partial charge < -0.3 is 5.32 Å². The molecule has 0 aliphatic carbocycles. The molecule has 1 aromatic carbocycles. The van der Waals surface area contributed by atoms with Crippen LogP contribution in [0.2, 0.25) is 0 Å². The molecule has 1 heterocycles. The van der Waals surface area contributed by atoms with E-state index in [9.17, 15) is 4.39 Å². The summed E-state index contributed by atoms with van der Waals surface area (Å²) in [5, 5.41) is 3.38. The number of piperidine rings is 1. The molecule has 1 N–H and O–H groups in total. The van der Waals surface area contributed by atoms with Gasteiger partial charge in [-0.1, -0.05) is 6.07 Å². The maximum Gasteiger partial charge on any atom is 0.137 e. The molecule has 0 saturated carbocycles. The molecule has 1 nitrogen and oxygen atoms in total. The number of hydrogen-bond donors (Lipinski definition) is 1. The number of hydrogen-bond acceptors (Lipinski definition) is 1. The number of rotatable bonds is 2. The van der Waals surface area contributed by atoms with Gasteiger partial charge in [0.1, 0.15) is 5.82 Å². The third kappa shape index (κ3) is 3.02. The first kappa shape index (κ1) is 11.1. The van der Waals surface area contributed by atoms with Crippen molar-refractivity contribution in [1.82, 2.24) is 5.32 Å². The van der Waals surface area contributed by atoms with Crippen molar-refractivity contribution in [1.29, 1.82) is 0 Å². The molecule has 2 rings (SSSR count). The van der Waals surface area contributed by atoms with Gasteiger partial charge >= 0.3 is 0 Å². The van der Waals surface area contributed by atoms with E-state index in [1.807, 2.05) is 6.07 Å². The van der Waals surface area contributed by atoms with Crippen LogP contribution in [-0.4, -0.2) is 13.1 Å². The average molecular weight is 272 g/mol. The standard InChI is InChI=1S/C12H15BrFN/c13-11-4-3-9(7-12(11)14)6-10-2-1-5-15-8-10/h3-4,7,10,15H,1-2,5-6,8H2. The molecule has 1 aromatic rings. The molecule has 15 heavy (non-hydrogen) atoms. The van der Waals surface area contributed by atoms with Crippen LogP contribution in [0.4, 0.5) is 4.39 Å². The molecule has 1 unspecified atom stereocenters. The normalized spacial score (nSPS) is 21.6. The summed E-state index contributed by atoms with van der Waals surface area (Å²) >= 11 is 3.17. The van der Waals surface area contributed by atoms with E-state index in [0.29, 0.717) is 10.4 Å². The third-order valence-electron chi connectivity index (χ3n) is 2.91. The first-order chi connectivity index (χ1) is 7.25. The van der Waals surface area contributed by atoms with Gasteiger partial charge in [0.05, 0.1) is 4.47 Å². The van der Waals surface area contributed by atoms with Gasteiger partial charge in [-0.25, -0.2) is 4.39 Å². The van der Waals surface area contributed by atoms with Crippen molar-refractivity contribution >= 4 is 15.9 Å². The maximum absolute atomic E-state index is 13.3. The number of halogens is 2. The maximum atomic E-state index is 13.3. The fraction of sp³-hybridized carbons (Fsp3) is 0.500. The highest BCUT2D eigenvalue weighted by Crippen LogP contribution is 2.20. The minimum absolute atomic E-state index is 0.156. The van der Waals surface area contributed by atoms with Crippen LogP contribution in [0.25, 0.3) is 0 Å². The smallest absolute Gasteiger partial charge is 0.137 e. The fourth-order valence-corrected chi connectivity index (χ4v) is 2.34. The summed E-state index contributed by atoms with van der Waals surface area (Å²) < 4.78 is 13.8. The molecular weight excluding hydrogens is 257 g/mol. The van der Waals surface area contributed by atoms with Crippen molar-refractivity contribution in [3.8, 4) is 0 Å². The predicted molar refractivity (Wildman–Crippen MR) is 63.4 cm³/mol. The van der Waals surface area contributed by atoms with Crippen LogP contribution in [0.3, 0.4) is 0 Å².